The Labute approximate surface area is 98.6 Å². The Hall–Kier alpha value is 0.0569. The topological polar surface area (TPSA) is 40.2 Å². The minimum Gasteiger partial charge on any atom is -0.377 e. The molecule has 1 saturated carbocycles. The molecule has 2 aliphatic rings. The van der Waals surface area contributed by atoms with Crippen molar-refractivity contribution in [1.29, 1.82) is 0 Å². The van der Waals surface area contributed by atoms with E-state index in [0.29, 0.717) is 6.10 Å². The number of epoxide rings is 1. The third-order valence-corrected chi connectivity index (χ3v) is 6.74. The summed E-state index contributed by atoms with van der Waals surface area (Å²) in [6, 6.07) is 0.854. The highest BCUT2D eigenvalue weighted by Gasteiger charge is 2.58. The summed E-state index contributed by atoms with van der Waals surface area (Å²) in [5, 5.41) is 0. The molecule has 0 aromatic carbocycles. The van der Waals surface area contributed by atoms with Gasteiger partial charge in [-0.15, -0.1) is 0 Å². The van der Waals surface area contributed by atoms with Gasteiger partial charge in [0, 0.05) is 27.4 Å². The first-order chi connectivity index (χ1) is 7.70. The Bertz CT molecular complexity index is 236. The summed E-state index contributed by atoms with van der Waals surface area (Å²) in [6.45, 7) is 0. The second-order valence-electron chi connectivity index (χ2n) is 4.71. The van der Waals surface area contributed by atoms with Crippen molar-refractivity contribution in [1.82, 2.24) is 0 Å². The van der Waals surface area contributed by atoms with Crippen LogP contribution in [0.4, 0.5) is 0 Å². The fourth-order valence-electron chi connectivity index (χ4n) is 2.81. The molecular weight excluding hydrogens is 224 g/mol. The van der Waals surface area contributed by atoms with E-state index in [0.717, 1.165) is 12.5 Å². The average molecular weight is 246 g/mol. The van der Waals surface area contributed by atoms with Crippen LogP contribution in [0.3, 0.4) is 0 Å². The van der Waals surface area contributed by atoms with Crippen molar-refractivity contribution in [3.8, 4) is 0 Å². The molecule has 0 N–H and O–H groups in total. The maximum absolute atomic E-state index is 5.85. The van der Waals surface area contributed by atoms with Crippen LogP contribution >= 0.6 is 0 Å². The third kappa shape index (κ3) is 2.19. The zero-order valence-corrected chi connectivity index (χ0v) is 11.5. The molecule has 2 atom stereocenters. The Morgan fingerprint density at radius 3 is 2.44 bits per heavy atom. The van der Waals surface area contributed by atoms with E-state index in [1.807, 2.05) is 0 Å². The molecule has 2 unspecified atom stereocenters. The van der Waals surface area contributed by atoms with Crippen molar-refractivity contribution in [3.05, 3.63) is 0 Å². The minimum absolute atomic E-state index is 0.145. The smallest absolute Gasteiger partial charge is 0.377 e. The summed E-state index contributed by atoms with van der Waals surface area (Å²) in [4.78, 5) is 0. The van der Waals surface area contributed by atoms with Gasteiger partial charge < -0.3 is 18.0 Å². The lowest BCUT2D eigenvalue weighted by Gasteiger charge is -2.26. The number of rotatable bonds is 6. The van der Waals surface area contributed by atoms with E-state index in [1.54, 1.807) is 21.3 Å². The van der Waals surface area contributed by atoms with Gasteiger partial charge in [0.2, 0.25) is 0 Å². The molecule has 94 valence electrons. The van der Waals surface area contributed by atoms with Crippen LogP contribution in [-0.4, -0.2) is 41.8 Å². The normalized spacial score (nSPS) is 33.6. The molecule has 1 heterocycles. The van der Waals surface area contributed by atoms with Crippen LogP contribution in [0.5, 0.6) is 0 Å². The van der Waals surface area contributed by atoms with Gasteiger partial charge in [0.05, 0.1) is 11.7 Å². The minimum atomic E-state index is -2.40. The van der Waals surface area contributed by atoms with E-state index in [9.17, 15) is 0 Å². The predicted octanol–water partition coefficient (Wildman–Crippen LogP) is 1.97. The number of hydrogen-bond acceptors (Lipinski definition) is 4. The van der Waals surface area contributed by atoms with Crippen LogP contribution < -0.4 is 0 Å². The molecular formula is C11H22O4Si. The molecule has 0 aromatic rings. The molecule has 0 aromatic heterocycles. The van der Waals surface area contributed by atoms with Gasteiger partial charge in [-0.1, -0.05) is 12.8 Å². The quantitative estimate of drug-likeness (QED) is 0.530. The van der Waals surface area contributed by atoms with Gasteiger partial charge >= 0.3 is 8.80 Å². The van der Waals surface area contributed by atoms with E-state index in [1.165, 1.54) is 25.7 Å². The molecule has 4 nitrogen and oxygen atoms in total. The summed E-state index contributed by atoms with van der Waals surface area (Å²) in [6.07, 6.45) is 6.53. The summed E-state index contributed by atoms with van der Waals surface area (Å²) < 4.78 is 22.1. The molecule has 5 heteroatoms. The first-order valence-electron chi connectivity index (χ1n) is 6.03. The fourth-order valence-corrected chi connectivity index (χ4v) is 4.65. The standard InChI is InChI=1S/C11H22O4Si/c1-12-16(13-2,14-3)9-8-11-7-5-4-6-10(11)15-11/h10H,4-9H2,1-3H3. The van der Waals surface area contributed by atoms with Crippen molar-refractivity contribution in [2.24, 2.45) is 0 Å². The van der Waals surface area contributed by atoms with E-state index in [-0.39, 0.29) is 5.60 Å². The first-order valence-corrected chi connectivity index (χ1v) is 7.97. The molecule has 1 aliphatic heterocycles. The molecule has 0 radical (unpaired) electrons. The second kappa shape index (κ2) is 4.74. The Balaban J connectivity index is 1.86. The molecule has 1 saturated heterocycles. The summed E-state index contributed by atoms with van der Waals surface area (Å²) >= 11 is 0. The highest BCUT2D eigenvalue weighted by atomic mass is 28.4. The lowest BCUT2D eigenvalue weighted by atomic mass is 9.87. The maximum Gasteiger partial charge on any atom is 0.500 e. The molecule has 16 heavy (non-hydrogen) atoms. The molecule has 1 aliphatic carbocycles. The lowest BCUT2D eigenvalue weighted by Crippen LogP contribution is -2.43. The molecule has 2 rings (SSSR count). The highest BCUT2D eigenvalue weighted by molar-refractivity contribution is 6.60. The van der Waals surface area contributed by atoms with E-state index >= 15 is 0 Å². The molecule has 0 spiro atoms. The van der Waals surface area contributed by atoms with Crippen LogP contribution in [0, 0.1) is 0 Å². The van der Waals surface area contributed by atoms with Crippen LogP contribution in [0.25, 0.3) is 0 Å². The maximum atomic E-state index is 5.85. The number of fused-ring (bicyclic) bond motifs is 1. The van der Waals surface area contributed by atoms with E-state index in [4.69, 9.17) is 18.0 Å². The van der Waals surface area contributed by atoms with E-state index < -0.39 is 8.80 Å². The van der Waals surface area contributed by atoms with Crippen LogP contribution in [-0.2, 0) is 18.0 Å². The van der Waals surface area contributed by atoms with Gasteiger partial charge in [-0.05, 0) is 19.3 Å². The highest BCUT2D eigenvalue weighted by Crippen LogP contribution is 2.51. The largest absolute Gasteiger partial charge is 0.500 e. The Morgan fingerprint density at radius 1 is 1.19 bits per heavy atom. The Kier molecular flexibility index (Phi) is 3.71. The zero-order valence-electron chi connectivity index (χ0n) is 10.5. The van der Waals surface area contributed by atoms with Crippen molar-refractivity contribution < 1.29 is 18.0 Å². The van der Waals surface area contributed by atoms with Gasteiger partial charge in [-0.2, -0.15) is 0 Å². The Morgan fingerprint density at radius 2 is 1.88 bits per heavy atom. The average Bonchev–Trinajstić information content (AvgIpc) is 3.06. The molecule has 0 amide bonds. The molecule has 2 fully saturated rings. The third-order valence-electron chi connectivity index (χ3n) is 4.01. The van der Waals surface area contributed by atoms with Gasteiger partial charge in [0.15, 0.2) is 0 Å². The van der Waals surface area contributed by atoms with Crippen molar-refractivity contribution in [2.45, 2.75) is 49.9 Å². The van der Waals surface area contributed by atoms with Crippen molar-refractivity contribution in [2.75, 3.05) is 21.3 Å². The van der Waals surface area contributed by atoms with Gasteiger partial charge in [0.1, 0.15) is 0 Å². The van der Waals surface area contributed by atoms with Gasteiger partial charge in [-0.25, -0.2) is 0 Å². The monoisotopic (exact) mass is 246 g/mol. The fraction of sp³-hybridized carbons (Fsp3) is 1.00. The molecule has 0 bridgehead atoms. The van der Waals surface area contributed by atoms with E-state index in [2.05, 4.69) is 0 Å². The van der Waals surface area contributed by atoms with Crippen molar-refractivity contribution in [3.63, 3.8) is 0 Å². The zero-order chi connectivity index (χ0) is 11.6. The van der Waals surface area contributed by atoms with Crippen molar-refractivity contribution >= 4 is 8.80 Å². The van der Waals surface area contributed by atoms with Crippen LogP contribution in [0.15, 0.2) is 0 Å². The number of ether oxygens (including phenoxy) is 1. The SMILES string of the molecule is CO[Si](CCC12CCCCC1O2)(OC)OC. The van der Waals surface area contributed by atoms with Gasteiger partial charge in [-0.3, -0.25) is 0 Å². The van der Waals surface area contributed by atoms with Crippen LogP contribution in [0.2, 0.25) is 6.04 Å². The summed E-state index contributed by atoms with van der Waals surface area (Å²) in [5.41, 5.74) is 0.145. The van der Waals surface area contributed by atoms with Gasteiger partial charge in [0.25, 0.3) is 0 Å². The summed E-state index contributed by atoms with van der Waals surface area (Å²) in [5.74, 6) is 0. The second-order valence-corrected chi connectivity index (χ2v) is 7.80. The first kappa shape index (κ1) is 12.5. The number of hydrogen-bond donors (Lipinski definition) is 0. The summed E-state index contributed by atoms with van der Waals surface area (Å²) in [7, 11) is 2.61. The lowest BCUT2D eigenvalue weighted by molar-refractivity contribution is 0.119. The van der Waals surface area contributed by atoms with Crippen LogP contribution in [0.1, 0.15) is 32.1 Å². The predicted molar refractivity (Wildman–Crippen MR) is 62.3 cm³/mol.